The molecule has 5 rings (SSSR count). The molecule has 0 unspecified atom stereocenters. The smallest absolute Gasteiger partial charge is 0.256 e. The number of carbonyl (C=O) groups is 1. The highest BCUT2D eigenvalue weighted by Gasteiger charge is 2.22. The maximum atomic E-state index is 12.7. The fourth-order valence-corrected chi connectivity index (χ4v) is 3.44. The zero-order valence-electron chi connectivity index (χ0n) is 16.1. The van der Waals surface area contributed by atoms with Crippen LogP contribution in [-0.2, 0) is 11.8 Å². The summed E-state index contributed by atoms with van der Waals surface area (Å²) in [7, 11) is 1.80. The summed E-state index contributed by atoms with van der Waals surface area (Å²) in [6.07, 6.45) is 0.00682. The molecule has 9 heteroatoms. The number of H-pyrrole nitrogens is 1. The molecule has 0 radical (unpaired) electrons. The molecular weight excluding hydrogens is 406 g/mol. The van der Waals surface area contributed by atoms with E-state index in [0.29, 0.717) is 41.2 Å². The lowest BCUT2D eigenvalue weighted by Gasteiger charge is -2.27. The first-order valence-corrected chi connectivity index (χ1v) is 9.79. The van der Waals surface area contributed by atoms with Crippen LogP contribution in [0.4, 0.5) is 5.82 Å². The van der Waals surface area contributed by atoms with Crippen LogP contribution in [0, 0.1) is 0 Å². The minimum Gasteiger partial charge on any atom is -0.484 e. The van der Waals surface area contributed by atoms with Crippen LogP contribution >= 0.6 is 11.6 Å². The fourth-order valence-electron chi connectivity index (χ4n) is 3.21. The van der Waals surface area contributed by atoms with Gasteiger partial charge in [-0.2, -0.15) is 5.10 Å². The molecule has 1 amide bonds. The number of hydrogen-bond donors (Lipinski definition) is 2. The third-order valence-corrected chi connectivity index (χ3v) is 5.14. The highest BCUT2D eigenvalue weighted by atomic mass is 35.5. The van der Waals surface area contributed by atoms with Crippen LogP contribution in [0.15, 0.2) is 48.5 Å². The van der Waals surface area contributed by atoms with E-state index in [-0.39, 0.29) is 12.0 Å². The summed E-state index contributed by atoms with van der Waals surface area (Å²) in [5.41, 5.74) is 2.97. The Balaban J connectivity index is 1.34. The predicted molar refractivity (Wildman–Crippen MR) is 113 cm³/mol. The van der Waals surface area contributed by atoms with Crippen molar-refractivity contribution < 1.29 is 14.3 Å². The molecule has 152 valence electrons. The number of nitrogens with one attached hydrogen (secondary N) is 2. The number of amides is 1. The quantitative estimate of drug-likeness (QED) is 0.511. The van der Waals surface area contributed by atoms with Gasteiger partial charge >= 0.3 is 0 Å². The van der Waals surface area contributed by atoms with Crippen LogP contribution < -0.4 is 10.1 Å². The monoisotopic (exact) mass is 423 g/mol. The molecule has 0 aliphatic carbocycles. The largest absolute Gasteiger partial charge is 0.484 e. The number of fused-ring (bicyclic) bond motifs is 1. The zero-order valence-corrected chi connectivity index (χ0v) is 16.8. The molecule has 2 aromatic carbocycles. The number of anilines is 1. The summed E-state index contributed by atoms with van der Waals surface area (Å²) in [6.45, 7) is 1.09. The van der Waals surface area contributed by atoms with E-state index in [1.807, 2.05) is 24.3 Å². The first-order valence-electron chi connectivity index (χ1n) is 9.41. The lowest BCUT2D eigenvalue weighted by Crippen LogP contribution is -2.38. The average molecular weight is 424 g/mol. The normalized spacial score (nSPS) is 13.9. The van der Waals surface area contributed by atoms with Crippen LogP contribution in [0.5, 0.6) is 5.75 Å². The molecule has 2 aromatic heterocycles. The van der Waals surface area contributed by atoms with E-state index < -0.39 is 0 Å². The number of aryl methyl sites for hydroxylation is 1. The number of para-hydroxylation sites is 2. The molecule has 1 saturated heterocycles. The number of aromatic nitrogens is 4. The van der Waals surface area contributed by atoms with E-state index in [1.165, 1.54) is 0 Å². The van der Waals surface area contributed by atoms with Gasteiger partial charge in [0.15, 0.2) is 11.6 Å². The molecule has 4 aromatic rings. The van der Waals surface area contributed by atoms with Crippen molar-refractivity contribution in [3.63, 3.8) is 0 Å². The Kier molecular flexibility index (Phi) is 4.65. The lowest BCUT2D eigenvalue weighted by atomic mass is 10.2. The minimum atomic E-state index is -0.315. The van der Waals surface area contributed by atoms with Gasteiger partial charge in [0.1, 0.15) is 17.5 Å². The number of carbonyl (C=O) groups excluding carboxylic acids is 1. The molecule has 1 fully saturated rings. The molecule has 8 nitrogen and oxygen atoms in total. The van der Waals surface area contributed by atoms with Gasteiger partial charge in [0.2, 0.25) is 0 Å². The van der Waals surface area contributed by atoms with E-state index >= 15 is 0 Å². The summed E-state index contributed by atoms with van der Waals surface area (Å²) in [6, 6.07) is 14.5. The van der Waals surface area contributed by atoms with Crippen molar-refractivity contribution in [3.05, 3.63) is 59.1 Å². The minimum absolute atomic E-state index is 0.00682. The Morgan fingerprint density at radius 3 is 2.83 bits per heavy atom. The van der Waals surface area contributed by atoms with E-state index in [1.54, 1.807) is 36.0 Å². The molecule has 30 heavy (non-hydrogen) atoms. The molecular formula is C21H18ClN5O3. The van der Waals surface area contributed by atoms with Gasteiger partial charge in [-0.15, -0.1) is 0 Å². The van der Waals surface area contributed by atoms with Crippen LogP contribution in [0.3, 0.4) is 0 Å². The van der Waals surface area contributed by atoms with Crippen LogP contribution in [0.2, 0.25) is 5.02 Å². The second-order valence-electron chi connectivity index (χ2n) is 7.02. The number of rotatable bonds is 5. The standard InChI is InChI=1S/C21H18ClN5O3/c1-27-17(20-23-15-4-2-3-5-16(15)24-20)9-19(26-27)25-21(28)12-6-7-18(14(22)8-12)30-13-10-29-11-13/h2-9,13H,10-11H2,1H3,(H,23,24)(H,25,26,28). The topological polar surface area (TPSA) is 94.1 Å². The van der Waals surface area contributed by atoms with E-state index in [0.717, 1.165) is 16.7 Å². The molecule has 0 spiro atoms. The highest BCUT2D eigenvalue weighted by Crippen LogP contribution is 2.28. The van der Waals surface area contributed by atoms with E-state index in [4.69, 9.17) is 21.1 Å². The van der Waals surface area contributed by atoms with Gasteiger partial charge < -0.3 is 19.8 Å². The maximum absolute atomic E-state index is 12.7. The molecule has 2 N–H and O–H groups in total. The van der Waals surface area contributed by atoms with Crippen molar-refractivity contribution in [2.45, 2.75) is 6.10 Å². The van der Waals surface area contributed by atoms with Gasteiger partial charge in [0.25, 0.3) is 5.91 Å². The molecule has 1 aliphatic rings. The number of nitrogens with zero attached hydrogens (tertiary/aromatic N) is 3. The Morgan fingerprint density at radius 1 is 1.27 bits per heavy atom. The molecule has 1 aliphatic heterocycles. The van der Waals surface area contributed by atoms with Crippen LogP contribution in [0.1, 0.15) is 10.4 Å². The van der Waals surface area contributed by atoms with E-state index in [9.17, 15) is 4.79 Å². The molecule has 0 bridgehead atoms. The number of halogens is 1. The number of imidazole rings is 1. The second-order valence-corrected chi connectivity index (χ2v) is 7.42. The number of benzene rings is 2. The van der Waals surface area contributed by atoms with Gasteiger partial charge in [0, 0.05) is 18.7 Å². The van der Waals surface area contributed by atoms with Crippen molar-refractivity contribution >= 4 is 34.4 Å². The Morgan fingerprint density at radius 2 is 2.10 bits per heavy atom. The van der Waals surface area contributed by atoms with Crippen molar-refractivity contribution in [1.82, 2.24) is 19.7 Å². The fraction of sp³-hybridized carbons (Fsp3) is 0.190. The highest BCUT2D eigenvalue weighted by molar-refractivity contribution is 6.32. The third kappa shape index (κ3) is 3.51. The van der Waals surface area contributed by atoms with Gasteiger partial charge in [-0.3, -0.25) is 9.48 Å². The lowest BCUT2D eigenvalue weighted by molar-refractivity contribution is -0.0796. The van der Waals surface area contributed by atoms with Crippen LogP contribution in [0.25, 0.3) is 22.6 Å². The van der Waals surface area contributed by atoms with Crippen molar-refractivity contribution in [2.75, 3.05) is 18.5 Å². The van der Waals surface area contributed by atoms with Gasteiger partial charge in [-0.25, -0.2) is 4.98 Å². The summed E-state index contributed by atoms with van der Waals surface area (Å²) in [5, 5.41) is 7.55. The predicted octanol–water partition coefficient (Wildman–Crippen LogP) is 3.65. The van der Waals surface area contributed by atoms with Crippen LogP contribution in [-0.4, -0.2) is 45.0 Å². The van der Waals surface area contributed by atoms with Gasteiger partial charge in [0.05, 0.1) is 29.3 Å². The Hall–Kier alpha value is -3.36. The zero-order chi connectivity index (χ0) is 20.7. The number of aromatic amines is 1. The molecule has 0 saturated carbocycles. The SMILES string of the molecule is Cn1nc(NC(=O)c2ccc(OC3COC3)c(Cl)c2)cc1-c1nc2ccccc2[nH]1. The number of ether oxygens (including phenoxy) is 2. The first kappa shape index (κ1) is 18.7. The van der Waals surface area contributed by atoms with E-state index in [2.05, 4.69) is 20.4 Å². The summed E-state index contributed by atoms with van der Waals surface area (Å²) >= 11 is 6.27. The summed E-state index contributed by atoms with van der Waals surface area (Å²) < 4.78 is 12.5. The summed E-state index contributed by atoms with van der Waals surface area (Å²) in [4.78, 5) is 20.5. The van der Waals surface area contributed by atoms with Crippen molar-refractivity contribution in [3.8, 4) is 17.3 Å². The summed E-state index contributed by atoms with van der Waals surface area (Å²) in [5.74, 6) is 1.31. The molecule has 3 heterocycles. The second kappa shape index (κ2) is 7.47. The maximum Gasteiger partial charge on any atom is 0.256 e. The average Bonchev–Trinajstić information content (AvgIpc) is 3.28. The molecule has 0 atom stereocenters. The Bertz CT molecular complexity index is 1210. The first-order chi connectivity index (χ1) is 14.6. The van der Waals surface area contributed by atoms with Crippen molar-refractivity contribution in [1.29, 1.82) is 0 Å². The third-order valence-electron chi connectivity index (χ3n) is 4.85. The van der Waals surface area contributed by atoms with Gasteiger partial charge in [-0.1, -0.05) is 23.7 Å². The number of hydrogen-bond acceptors (Lipinski definition) is 5. The van der Waals surface area contributed by atoms with Gasteiger partial charge in [-0.05, 0) is 30.3 Å². The Labute approximate surface area is 176 Å². The van der Waals surface area contributed by atoms with Crippen molar-refractivity contribution in [2.24, 2.45) is 7.05 Å².